The van der Waals surface area contributed by atoms with Crippen LogP contribution in [-0.4, -0.2) is 35.6 Å². The number of pyridine rings is 1. The van der Waals surface area contributed by atoms with E-state index >= 15 is 0 Å². The summed E-state index contributed by atoms with van der Waals surface area (Å²) in [5.74, 6) is 0.808. The predicted molar refractivity (Wildman–Crippen MR) is 80.4 cm³/mol. The number of aromatic nitrogens is 1. The van der Waals surface area contributed by atoms with Crippen molar-refractivity contribution in [2.45, 2.75) is 39.3 Å². The first-order valence-electron chi connectivity index (χ1n) is 7.21. The molecule has 1 N–H and O–H groups in total. The van der Waals surface area contributed by atoms with Crippen LogP contribution in [0.15, 0.2) is 18.2 Å². The number of piperidine rings is 1. The first kappa shape index (κ1) is 14.8. The van der Waals surface area contributed by atoms with Gasteiger partial charge < -0.3 is 5.32 Å². The van der Waals surface area contributed by atoms with Gasteiger partial charge in [-0.05, 0) is 57.8 Å². The minimum absolute atomic E-state index is 0.538. The fraction of sp³-hybridized carbons (Fsp3) is 0.667. The Kier molecular flexibility index (Phi) is 5.61. The molecule has 0 radical (unpaired) electrons. The molecule has 0 aliphatic carbocycles. The maximum absolute atomic E-state index is 5.96. The Morgan fingerprint density at radius 2 is 2.11 bits per heavy atom. The zero-order chi connectivity index (χ0) is 13.7. The van der Waals surface area contributed by atoms with Gasteiger partial charge in [0.1, 0.15) is 5.15 Å². The maximum Gasteiger partial charge on any atom is 0.129 e. The zero-order valence-electron chi connectivity index (χ0n) is 11.9. The minimum Gasteiger partial charge on any atom is -0.317 e. The first-order chi connectivity index (χ1) is 9.15. The van der Waals surface area contributed by atoms with Crippen molar-refractivity contribution in [1.82, 2.24) is 15.2 Å². The molecule has 2 rings (SSSR count). The summed E-state index contributed by atoms with van der Waals surface area (Å²) >= 11 is 5.96. The molecular formula is C15H24ClN3. The van der Waals surface area contributed by atoms with Gasteiger partial charge in [-0.25, -0.2) is 4.98 Å². The van der Waals surface area contributed by atoms with E-state index in [1.807, 2.05) is 12.1 Å². The number of halogens is 1. The Morgan fingerprint density at radius 1 is 1.37 bits per heavy atom. The average Bonchev–Trinajstić information content (AvgIpc) is 2.39. The van der Waals surface area contributed by atoms with Gasteiger partial charge in [0.15, 0.2) is 0 Å². The van der Waals surface area contributed by atoms with Crippen LogP contribution in [0.3, 0.4) is 0 Å². The Balaban J connectivity index is 1.95. The van der Waals surface area contributed by atoms with Crippen LogP contribution in [0, 0.1) is 5.92 Å². The van der Waals surface area contributed by atoms with Crippen molar-refractivity contribution >= 4 is 11.6 Å². The Bertz CT molecular complexity index is 389. The molecule has 1 saturated heterocycles. The molecule has 4 heteroatoms. The highest BCUT2D eigenvalue weighted by Gasteiger charge is 2.19. The molecule has 0 aromatic carbocycles. The third kappa shape index (κ3) is 4.75. The van der Waals surface area contributed by atoms with Crippen molar-refractivity contribution < 1.29 is 0 Å². The summed E-state index contributed by atoms with van der Waals surface area (Å²) in [7, 11) is 0. The van der Waals surface area contributed by atoms with E-state index in [1.54, 1.807) is 0 Å². The number of nitrogens with zero attached hydrogens (tertiary/aromatic N) is 2. The van der Waals surface area contributed by atoms with Gasteiger partial charge >= 0.3 is 0 Å². The van der Waals surface area contributed by atoms with Crippen LogP contribution < -0.4 is 5.32 Å². The second-order valence-corrected chi connectivity index (χ2v) is 6.06. The molecule has 0 bridgehead atoms. The third-order valence-corrected chi connectivity index (χ3v) is 4.03. The zero-order valence-corrected chi connectivity index (χ0v) is 12.7. The standard InChI is InChI=1S/C15H24ClN3/c1-12(2)19(10-13-6-8-17-9-7-13)11-14-4-3-5-15(16)18-14/h3-5,12-13,17H,6-11H2,1-2H3. The maximum atomic E-state index is 5.96. The van der Waals surface area contributed by atoms with Crippen LogP contribution in [0.4, 0.5) is 0 Å². The monoisotopic (exact) mass is 281 g/mol. The molecular weight excluding hydrogens is 258 g/mol. The second kappa shape index (κ2) is 7.22. The summed E-state index contributed by atoms with van der Waals surface area (Å²) in [4.78, 5) is 6.91. The molecule has 0 spiro atoms. The molecule has 1 fully saturated rings. The molecule has 1 aliphatic rings. The molecule has 1 aliphatic heterocycles. The second-order valence-electron chi connectivity index (χ2n) is 5.67. The van der Waals surface area contributed by atoms with E-state index < -0.39 is 0 Å². The number of hydrogen-bond acceptors (Lipinski definition) is 3. The lowest BCUT2D eigenvalue weighted by Crippen LogP contribution is -2.39. The fourth-order valence-electron chi connectivity index (χ4n) is 2.60. The highest BCUT2D eigenvalue weighted by Crippen LogP contribution is 2.17. The molecule has 1 aromatic rings. The first-order valence-corrected chi connectivity index (χ1v) is 7.59. The van der Waals surface area contributed by atoms with Crippen LogP contribution in [0.25, 0.3) is 0 Å². The highest BCUT2D eigenvalue weighted by molar-refractivity contribution is 6.29. The third-order valence-electron chi connectivity index (χ3n) is 3.82. The largest absolute Gasteiger partial charge is 0.317 e. The lowest BCUT2D eigenvalue weighted by molar-refractivity contribution is 0.160. The Labute approximate surface area is 121 Å². The minimum atomic E-state index is 0.538. The van der Waals surface area contributed by atoms with Crippen molar-refractivity contribution in [3.63, 3.8) is 0 Å². The van der Waals surface area contributed by atoms with Crippen LogP contribution in [0.2, 0.25) is 5.15 Å². The summed E-state index contributed by atoms with van der Waals surface area (Å²) in [6.07, 6.45) is 2.57. The summed E-state index contributed by atoms with van der Waals surface area (Å²) < 4.78 is 0. The molecule has 0 saturated carbocycles. The van der Waals surface area contributed by atoms with E-state index in [0.717, 1.165) is 37.8 Å². The number of rotatable bonds is 5. The quantitative estimate of drug-likeness (QED) is 0.841. The van der Waals surface area contributed by atoms with Crippen LogP contribution >= 0.6 is 11.6 Å². The van der Waals surface area contributed by atoms with Crippen molar-refractivity contribution in [1.29, 1.82) is 0 Å². The van der Waals surface area contributed by atoms with Crippen LogP contribution in [0.5, 0.6) is 0 Å². The Hall–Kier alpha value is -0.640. The molecule has 19 heavy (non-hydrogen) atoms. The van der Waals surface area contributed by atoms with E-state index in [-0.39, 0.29) is 0 Å². The van der Waals surface area contributed by atoms with Gasteiger partial charge in [-0.15, -0.1) is 0 Å². The van der Waals surface area contributed by atoms with E-state index in [9.17, 15) is 0 Å². The van der Waals surface area contributed by atoms with E-state index in [2.05, 4.69) is 35.1 Å². The van der Waals surface area contributed by atoms with E-state index in [1.165, 1.54) is 12.8 Å². The van der Waals surface area contributed by atoms with Crippen molar-refractivity contribution in [2.75, 3.05) is 19.6 Å². The van der Waals surface area contributed by atoms with E-state index in [4.69, 9.17) is 11.6 Å². The van der Waals surface area contributed by atoms with Gasteiger partial charge in [0.2, 0.25) is 0 Å². The highest BCUT2D eigenvalue weighted by atomic mass is 35.5. The van der Waals surface area contributed by atoms with Gasteiger partial charge in [0.25, 0.3) is 0 Å². The molecule has 0 atom stereocenters. The average molecular weight is 282 g/mol. The molecule has 0 amide bonds. The van der Waals surface area contributed by atoms with Gasteiger partial charge in [-0.1, -0.05) is 17.7 Å². The summed E-state index contributed by atoms with van der Waals surface area (Å²) in [5.41, 5.74) is 1.06. The van der Waals surface area contributed by atoms with Gasteiger partial charge in [-0.2, -0.15) is 0 Å². The molecule has 2 heterocycles. The van der Waals surface area contributed by atoms with Gasteiger partial charge in [-0.3, -0.25) is 4.90 Å². The van der Waals surface area contributed by atoms with Crippen molar-refractivity contribution in [3.8, 4) is 0 Å². The van der Waals surface area contributed by atoms with Crippen molar-refractivity contribution in [3.05, 3.63) is 29.0 Å². The normalized spacial score (nSPS) is 17.3. The molecule has 106 valence electrons. The molecule has 1 aromatic heterocycles. The van der Waals surface area contributed by atoms with Gasteiger partial charge in [0.05, 0.1) is 5.69 Å². The van der Waals surface area contributed by atoms with Crippen LogP contribution in [0.1, 0.15) is 32.4 Å². The van der Waals surface area contributed by atoms with Crippen LogP contribution in [-0.2, 0) is 6.54 Å². The molecule has 0 unspecified atom stereocenters. The summed E-state index contributed by atoms with van der Waals surface area (Å²) in [6.45, 7) is 8.88. The fourth-order valence-corrected chi connectivity index (χ4v) is 2.78. The summed E-state index contributed by atoms with van der Waals surface area (Å²) in [6, 6.07) is 6.41. The smallest absolute Gasteiger partial charge is 0.129 e. The number of nitrogens with one attached hydrogen (secondary N) is 1. The SMILES string of the molecule is CC(C)N(Cc1cccc(Cl)n1)CC1CCNCC1. The van der Waals surface area contributed by atoms with E-state index in [0.29, 0.717) is 11.2 Å². The lowest BCUT2D eigenvalue weighted by Gasteiger charge is -2.32. The predicted octanol–water partition coefficient (Wildman–Crippen LogP) is 2.95. The van der Waals surface area contributed by atoms with Gasteiger partial charge in [0, 0.05) is 19.1 Å². The molecule has 3 nitrogen and oxygen atoms in total. The van der Waals surface area contributed by atoms with Crippen molar-refractivity contribution in [2.24, 2.45) is 5.92 Å². The number of hydrogen-bond donors (Lipinski definition) is 1. The lowest BCUT2D eigenvalue weighted by atomic mass is 9.97. The topological polar surface area (TPSA) is 28.2 Å². The Morgan fingerprint density at radius 3 is 2.74 bits per heavy atom. The summed E-state index contributed by atoms with van der Waals surface area (Å²) in [5, 5.41) is 4.01.